The highest BCUT2D eigenvalue weighted by Gasteiger charge is 2.07. The number of aryl methyl sites for hydroxylation is 1. The first-order valence-corrected chi connectivity index (χ1v) is 6.74. The van der Waals surface area contributed by atoms with Crippen LogP contribution in [0, 0.1) is 0 Å². The summed E-state index contributed by atoms with van der Waals surface area (Å²) in [7, 11) is 0. The van der Waals surface area contributed by atoms with E-state index in [1.165, 1.54) is 0 Å². The highest BCUT2D eigenvalue weighted by Crippen LogP contribution is 2.18. The largest absolute Gasteiger partial charge is 0.421 e. The molecule has 0 atom stereocenters. The Morgan fingerprint density at radius 2 is 2.00 bits per heavy atom. The van der Waals surface area contributed by atoms with Gasteiger partial charge in [-0.05, 0) is 24.1 Å². The van der Waals surface area contributed by atoms with Crippen molar-refractivity contribution in [2.24, 2.45) is 21.7 Å². The highest BCUT2D eigenvalue weighted by molar-refractivity contribution is 5.82. The maximum atomic E-state index is 5.61. The zero-order chi connectivity index (χ0) is 15.1. The van der Waals surface area contributed by atoms with Gasteiger partial charge in [-0.15, -0.1) is 15.3 Å². The number of guanidine groups is 1. The van der Waals surface area contributed by atoms with E-state index in [-0.39, 0.29) is 5.96 Å². The van der Waals surface area contributed by atoms with E-state index in [4.69, 9.17) is 15.9 Å². The molecule has 0 amide bonds. The van der Waals surface area contributed by atoms with Gasteiger partial charge in [0, 0.05) is 12.0 Å². The van der Waals surface area contributed by atoms with Crippen LogP contribution in [-0.2, 0) is 6.42 Å². The number of benzene rings is 1. The Hall–Kier alpha value is -2.70. The van der Waals surface area contributed by atoms with Crippen LogP contribution in [0.1, 0.15) is 31.2 Å². The molecule has 2 rings (SSSR count). The van der Waals surface area contributed by atoms with Crippen LogP contribution in [0.25, 0.3) is 11.5 Å². The van der Waals surface area contributed by atoms with E-state index < -0.39 is 0 Å². The van der Waals surface area contributed by atoms with E-state index >= 15 is 0 Å². The van der Waals surface area contributed by atoms with Crippen molar-refractivity contribution >= 4 is 12.2 Å². The van der Waals surface area contributed by atoms with Crippen LogP contribution in [0.3, 0.4) is 0 Å². The second-order valence-corrected chi connectivity index (χ2v) is 4.50. The Morgan fingerprint density at radius 1 is 1.24 bits per heavy atom. The van der Waals surface area contributed by atoms with Gasteiger partial charge in [-0.1, -0.05) is 25.5 Å². The van der Waals surface area contributed by atoms with Crippen LogP contribution in [0.4, 0.5) is 0 Å². The molecule has 0 radical (unpaired) electrons. The molecule has 0 fully saturated rings. The number of nitrogens with zero attached hydrogens (tertiary/aromatic N) is 4. The number of hydrogen-bond acceptors (Lipinski definition) is 5. The Bertz CT molecular complexity index is 625. The molecular formula is C14H18N6O. The summed E-state index contributed by atoms with van der Waals surface area (Å²) in [6.07, 6.45) is 4.51. The fraction of sp³-hybridized carbons (Fsp3) is 0.286. The average molecular weight is 286 g/mol. The Morgan fingerprint density at radius 3 is 2.67 bits per heavy atom. The standard InChI is InChI=1S/C14H18N6O/c1-2-3-4-12-18-19-13(21-12)11-7-5-10(6-8-11)9-17-20-14(15)16/h5-9H,2-4H2,1H3,(H4,15,16,20). The highest BCUT2D eigenvalue weighted by atomic mass is 16.4. The number of rotatable bonds is 6. The Labute approximate surface area is 122 Å². The van der Waals surface area contributed by atoms with Crippen molar-refractivity contribution in [1.82, 2.24) is 10.2 Å². The van der Waals surface area contributed by atoms with Crippen molar-refractivity contribution in [3.63, 3.8) is 0 Å². The molecule has 1 aromatic carbocycles. The van der Waals surface area contributed by atoms with E-state index in [1.54, 1.807) is 6.21 Å². The van der Waals surface area contributed by atoms with Crippen molar-refractivity contribution in [2.75, 3.05) is 0 Å². The SMILES string of the molecule is CCCCc1nnc(-c2ccc(C=NN=C(N)N)cc2)o1. The molecule has 2 aromatic rings. The molecule has 7 nitrogen and oxygen atoms in total. The summed E-state index contributed by atoms with van der Waals surface area (Å²) in [5, 5.41) is 15.4. The summed E-state index contributed by atoms with van der Waals surface area (Å²) in [4.78, 5) is 0. The van der Waals surface area contributed by atoms with Crippen LogP contribution in [0.2, 0.25) is 0 Å². The maximum Gasteiger partial charge on any atom is 0.247 e. The molecule has 7 heteroatoms. The normalized spacial score (nSPS) is 10.9. The quantitative estimate of drug-likeness (QED) is 0.476. The van der Waals surface area contributed by atoms with Crippen molar-refractivity contribution in [1.29, 1.82) is 0 Å². The summed E-state index contributed by atoms with van der Waals surface area (Å²) in [5.41, 5.74) is 12.1. The van der Waals surface area contributed by atoms with Gasteiger partial charge >= 0.3 is 0 Å². The van der Waals surface area contributed by atoms with Gasteiger partial charge in [0.15, 0.2) is 0 Å². The number of unbranched alkanes of at least 4 members (excludes halogenated alkanes) is 1. The lowest BCUT2D eigenvalue weighted by molar-refractivity contribution is 0.496. The van der Waals surface area contributed by atoms with Crippen molar-refractivity contribution in [2.45, 2.75) is 26.2 Å². The molecule has 1 heterocycles. The number of hydrogen-bond donors (Lipinski definition) is 2. The molecule has 0 aliphatic heterocycles. The number of aromatic nitrogens is 2. The summed E-state index contributed by atoms with van der Waals surface area (Å²) in [6.45, 7) is 2.12. The van der Waals surface area contributed by atoms with E-state index in [9.17, 15) is 0 Å². The van der Waals surface area contributed by atoms with Gasteiger partial charge in [-0.2, -0.15) is 5.10 Å². The molecule has 0 aliphatic carbocycles. The molecule has 0 unspecified atom stereocenters. The lowest BCUT2D eigenvalue weighted by Crippen LogP contribution is -2.21. The topological polar surface area (TPSA) is 116 Å². The van der Waals surface area contributed by atoms with Gasteiger partial charge in [0.05, 0.1) is 6.21 Å². The minimum Gasteiger partial charge on any atom is -0.421 e. The van der Waals surface area contributed by atoms with Crippen molar-refractivity contribution < 1.29 is 4.42 Å². The Kier molecular flexibility index (Phi) is 5.03. The molecule has 1 aromatic heterocycles. The van der Waals surface area contributed by atoms with Crippen LogP contribution < -0.4 is 11.5 Å². The van der Waals surface area contributed by atoms with E-state index in [0.717, 1.165) is 30.4 Å². The fourth-order valence-corrected chi connectivity index (χ4v) is 1.67. The number of nitrogens with two attached hydrogens (primary N) is 2. The van der Waals surface area contributed by atoms with Gasteiger partial charge in [0.2, 0.25) is 17.7 Å². The third kappa shape index (κ3) is 4.41. The molecule has 0 spiro atoms. The predicted octanol–water partition coefficient (Wildman–Crippen LogP) is 1.69. The smallest absolute Gasteiger partial charge is 0.247 e. The van der Waals surface area contributed by atoms with Gasteiger partial charge in [0.1, 0.15) is 0 Å². The lowest BCUT2D eigenvalue weighted by atomic mass is 10.1. The first-order valence-electron chi connectivity index (χ1n) is 6.74. The minimum atomic E-state index is -0.0756. The van der Waals surface area contributed by atoms with Gasteiger partial charge in [-0.3, -0.25) is 0 Å². The molecule has 21 heavy (non-hydrogen) atoms. The summed E-state index contributed by atoms with van der Waals surface area (Å²) in [5.74, 6) is 1.12. The van der Waals surface area contributed by atoms with Gasteiger partial charge in [-0.25, -0.2) is 0 Å². The summed E-state index contributed by atoms with van der Waals surface area (Å²) >= 11 is 0. The zero-order valence-corrected chi connectivity index (χ0v) is 11.9. The van der Waals surface area contributed by atoms with E-state index in [2.05, 4.69) is 27.3 Å². The van der Waals surface area contributed by atoms with Crippen molar-refractivity contribution in [3.8, 4) is 11.5 Å². The molecular weight excluding hydrogens is 268 g/mol. The predicted molar refractivity (Wildman–Crippen MR) is 81.7 cm³/mol. The zero-order valence-electron chi connectivity index (χ0n) is 11.9. The minimum absolute atomic E-state index is 0.0756. The van der Waals surface area contributed by atoms with Crippen molar-refractivity contribution in [3.05, 3.63) is 35.7 Å². The Balaban J connectivity index is 2.06. The third-order valence-corrected chi connectivity index (χ3v) is 2.75. The monoisotopic (exact) mass is 286 g/mol. The molecule has 0 saturated heterocycles. The molecule has 0 saturated carbocycles. The molecule has 4 N–H and O–H groups in total. The maximum absolute atomic E-state index is 5.61. The second-order valence-electron chi connectivity index (χ2n) is 4.50. The average Bonchev–Trinajstić information content (AvgIpc) is 2.94. The van der Waals surface area contributed by atoms with Crippen LogP contribution in [0.15, 0.2) is 38.9 Å². The van der Waals surface area contributed by atoms with Crippen LogP contribution in [-0.4, -0.2) is 22.4 Å². The van der Waals surface area contributed by atoms with Gasteiger partial charge < -0.3 is 15.9 Å². The van der Waals surface area contributed by atoms with Crippen LogP contribution in [0.5, 0.6) is 0 Å². The first kappa shape index (κ1) is 14.7. The molecule has 0 aliphatic rings. The van der Waals surface area contributed by atoms with Crippen LogP contribution >= 0.6 is 0 Å². The van der Waals surface area contributed by atoms with E-state index in [0.29, 0.717) is 11.8 Å². The van der Waals surface area contributed by atoms with E-state index in [1.807, 2.05) is 24.3 Å². The first-order chi connectivity index (χ1) is 10.2. The second kappa shape index (κ2) is 7.18. The fourth-order valence-electron chi connectivity index (χ4n) is 1.67. The van der Waals surface area contributed by atoms with Gasteiger partial charge in [0.25, 0.3) is 0 Å². The summed E-state index contributed by atoms with van der Waals surface area (Å²) < 4.78 is 5.61. The summed E-state index contributed by atoms with van der Waals surface area (Å²) in [6, 6.07) is 7.51. The third-order valence-electron chi connectivity index (χ3n) is 2.75. The lowest BCUT2D eigenvalue weighted by Gasteiger charge is -1.96. The molecule has 0 bridgehead atoms. The molecule has 110 valence electrons.